The number of anilines is 1. The van der Waals surface area contributed by atoms with E-state index in [2.05, 4.69) is 29.5 Å². The van der Waals surface area contributed by atoms with Gasteiger partial charge in [-0.1, -0.05) is 43.3 Å². The van der Waals surface area contributed by atoms with Crippen molar-refractivity contribution in [1.29, 1.82) is 0 Å². The number of hydrogen-bond acceptors (Lipinski definition) is 4. The Labute approximate surface area is 145 Å². The van der Waals surface area contributed by atoms with Crippen molar-refractivity contribution < 1.29 is 4.79 Å². The van der Waals surface area contributed by atoms with Crippen LogP contribution in [0.4, 0.5) is 5.69 Å². The number of carbonyl (C=O) groups is 1. The summed E-state index contributed by atoms with van der Waals surface area (Å²) in [7, 11) is 0. The highest BCUT2D eigenvalue weighted by Crippen LogP contribution is 2.18. The number of nitrogens with zero attached hydrogens (tertiary/aromatic N) is 3. The predicted molar refractivity (Wildman–Crippen MR) is 97.7 cm³/mol. The fraction of sp³-hybridized carbons (Fsp3) is 0.263. The molecule has 1 atom stereocenters. The van der Waals surface area contributed by atoms with Gasteiger partial charge < -0.3 is 5.32 Å². The normalized spacial score (nSPS) is 12.3. The highest BCUT2D eigenvalue weighted by atomic mass is 16.2. The second-order valence-corrected chi connectivity index (χ2v) is 6.30. The van der Waals surface area contributed by atoms with Crippen LogP contribution in [0.1, 0.15) is 38.3 Å². The van der Waals surface area contributed by atoms with Gasteiger partial charge in [-0.15, -0.1) is 5.10 Å². The van der Waals surface area contributed by atoms with Crippen LogP contribution in [-0.4, -0.2) is 20.9 Å². The van der Waals surface area contributed by atoms with Crippen LogP contribution in [0.2, 0.25) is 0 Å². The van der Waals surface area contributed by atoms with Crippen molar-refractivity contribution in [3.8, 4) is 0 Å². The second kappa shape index (κ2) is 6.84. The molecule has 0 spiro atoms. The van der Waals surface area contributed by atoms with Crippen molar-refractivity contribution in [2.24, 2.45) is 0 Å². The van der Waals surface area contributed by atoms with Crippen molar-refractivity contribution in [2.75, 3.05) is 5.32 Å². The lowest BCUT2D eigenvalue weighted by molar-refractivity contribution is -0.119. The van der Waals surface area contributed by atoms with Crippen LogP contribution in [0.5, 0.6) is 0 Å². The fourth-order valence-corrected chi connectivity index (χ4v) is 2.56. The first-order valence-corrected chi connectivity index (χ1v) is 8.22. The Morgan fingerprint density at radius 2 is 1.72 bits per heavy atom. The molecule has 1 N–H and O–H groups in total. The number of rotatable bonds is 4. The zero-order valence-corrected chi connectivity index (χ0v) is 14.4. The molecule has 2 aromatic carbocycles. The van der Waals surface area contributed by atoms with Gasteiger partial charge in [-0.2, -0.15) is 4.68 Å². The number of fused-ring (bicyclic) bond motifs is 1. The molecule has 3 aromatic rings. The molecule has 0 fully saturated rings. The molecule has 0 radical (unpaired) electrons. The predicted octanol–water partition coefficient (Wildman–Crippen LogP) is 3.11. The zero-order valence-electron chi connectivity index (χ0n) is 14.4. The van der Waals surface area contributed by atoms with Gasteiger partial charge in [-0.3, -0.25) is 9.59 Å². The molecule has 0 aliphatic carbocycles. The van der Waals surface area contributed by atoms with Gasteiger partial charge in [-0.05, 0) is 42.7 Å². The van der Waals surface area contributed by atoms with E-state index in [0.717, 1.165) is 4.68 Å². The molecule has 0 bridgehead atoms. The van der Waals surface area contributed by atoms with Crippen LogP contribution in [0.15, 0.2) is 53.3 Å². The van der Waals surface area contributed by atoms with Gasteiger partial charge in [0.2, 0.25) is 5.91 Å². The summed E-state index contributed by atoms with van der Waals surface area (Å²) in [5, 5.41) is 11.2. The SMILES string of the molecule is CC(C)c1ccc(NC(=O)[C@H](C)n2nnc3ccccc3c2=O)cc1. The summed E-state index contributed by atoms with van der Waals surface area (Å²) < 4.78 is 1.11. The van der Waals surface area contributed by atoms with E-state index in [1.54, 1.807) is 31.2 Å². The number of benzene rings is 2. The van der Waals surface area contributed by atoms with Crippen LogP contribution in [0, 0.1) is 0 Å². The maximum absolute atomic E-state index is 12.5. The molecular formula is C19H20N4O2. The van der Waals surface area contributed by atoms with Crippen molar-refractivity contribution in [3.63, 3.8) is 0 Å². The third kappa shape index (κ3) is 3.42. The highest BCUT2D eigenvalue weighted by Gasteiger charge is 2.19. The van der Waals surface area contributed by atoms with Gasteiger partial charge in [0.25, 0.3) is 5.56 Å². The lowest BCUT2D eigenvalue weighted by Crippen LogP contribution is -2.34. The third-order valence-electron chi connectivity index (χ3n) is 4.18. The van der Waals surface area contributed by atoms with Crippen LogP contribution in [-0.2, 0) is 4.79 Å². The van der Waals surface area contributed by atoms with Gasteiger partial charge in [0.05, 0.1) is 5.39 Å². The number of amides is 1. The van der Waals surface area contributed by atoms with Gasteiger partial charge in [0.1, 0.15) is 11.6 Å². The topological polar surface area (TPSA) is 76.9 Å². The van der Waals surface area contributed by atoms with Crippen LogP contribution >= 0.6 is 0 Å². The summed E-state index contributed by atoms with van der Waals surface area (Å²) in [5.41, 5.74) is 2.06. The maximum atomic E-state index is 12.5. The summed E-state index contributed by atoms with van der Waals surface area (Å²) in [4.78, 5) is 25.0. The average molecular weight is 336 g/mol. The maximum Gasteiger partial charge on any atom is 0.278 e. The van der Waals surface area contributed by atoms with Gasteiger partial charge >= 0.3 is 0 Å². The van der Waals surface area contributed by atoms with E-state index in [1.165, 1.54) is 5.56 Å². The van der Waals surface area contributed by atoms with E-state index in [-0.39, 0.29) is 11.5 Å². The van der Waals surface area contributed by atoms with E-state index in [9.17, 15) is 9.59 Å². The van der Waals surface area contributed by atoms with Crippen LogP contribution in [0.3, 0.4) is 0 Å². The van der Waals surface area contributed by atoms with Crippen molar-refractivity contribution >= 4 is 22.5 Å². The van der Waals surface area contributed by atoms with Gasteiger partial charge in [0, 0.05) is 5.69 Å². The lowest BCUT2D eigenvalue weighted by atomic mass is 10.0. The molecular weight excluding hydrogens is 316 g/mol. The summed E-state index contributed by atoms with van der Waals surface area (Å²) in [6, 6.07) is 13.8. The summed E-state index contributed by atoms with van der Waals surface area (Å²) in [6.45, 7) is 5.85. The summed E-state index contributed by atoms with van der Waals surface area (Å²) >= 11 is 0. The summed E-state index contributed by atoms with van der Waals surface area (Å²) in [5.74, 6) is 0.110. The molecule has 6 heteroatoms. The summed E-state index contributed by atoms with van der Waals surface area (Å²) in [6.07, 6.45) is 0. The highest BCUT2D eigenvalue weighted by molar-refractivity contribution is 5.93. The fourth-order valence-electron chi connectivity index (χ4n) is 2.56. The Morgan fingerprint density at radius 3 is 2.40 bits per heavy atom. The molecule has 0 unspecified atom stereocenters. The van der Waals surface area contributed by atoms with E-state index in [0.29, 0.717) is 22.5 Å². The Bertz CT molecular complexity index is 961. The average Bonchev–Trinajstić information content (AvgIpc) is 2.62. The Morgan fingerprint density at radius 1 is 1.04 bits per heavy atom. The second-order valence-electron chi connectivity index (χ2n) is 6.30. The molecule has 1 heterocycles. The van der Waals surface area contributed by atoms with Gasteiger partial charge in [-0.25, -0.2) is 0 Å². The molecule has 0 aliphatic heterocycles. The molecule has 3 rings (SSSR count). The first kappa shape index (κ1) is 16.8. The molecule has 128 valence electrons. The Kier molecular flexibility index (Phi) is 4.61. The zero-order chi connectivity index (χ0) is 18.0. The minimum atomic E-state index is -0.769. The van der Waals surface area contributed by atoms with E-state index >= 15 is 0 Å². The molecule has 0 saturated heterocycles. The Hall–Kier alpha value is -3.02. The van der Waals surface area contributed by atoms with Crippen molar-refractivity contribution in [3.05, 3.63) is 64.4 Å². The van der Waals surface area contributed by atoms with Crippen molar-refractivity contribution in [2.45, 2.75) is 32.7 Å². The first-order valence-electron chi connectivity index (χ1n) is 8.22. The number of carbonyl (C=O) groups excluding carboxylic acids is 1. The van der Waals surface area contributed by atoms with E-state index in [1.807, 2.05) is 24.3 Å². The third-order valence-corrected chi connectivity index (χ3v) is 4.18. The minimum Gasteiger partial charge on any atom is -0.324 e. The van der Waals surface area contributed by atoms with Crippen LogP contribution < -0.4 is 10.9 Å². The van der Waals surface area contributed by atoms with Crippen LogP contribution in [0.25, 0.3) is 10.9 Å². The number of hydrogen-bond donors (Lipinski definition) is 1. The quantitative estimate of drug-likeness (QED) is 0.794. The standard InChI is InChI=1S/C19H20N4O2/c1-12(2)14-8-10-15(11-9-14)20-18(24)13(3)23-19(25)16-6-4-5-7-17(16)21-22-23/h4-13H,1-3H3,(H,20,24)/t13-/m0/s1. The van der Waals surface area contributed by atoms with Gasteiger partial charge in [0.15, 0.2) is 0 Å². The first-order chi connectivity index (χ1) is 12.0. The molecule has 0 saturated carbocycles. The van der Waals surface area contributed by atoms with Crippen molar-refractivity contribution in [1.82, 2.24) is 15.0 Å². The molecule has 25 heavy (non-hydrogen) atoms. The number of aromatic nitrogens is 3. The van der Waals surface area contributed by atoms with E-state index < -0.39 is 6.04 Å². The molecule has 0 aliphatic rings. The molecule has 1 aromatic heterocycles. The van der Waals surface area contributed by atoms with E-state index in [4.69, 9.17) is 0 Å². The minimum absolute atomic E-state index is 0.316. The largest absolute Gasteiger partial charge is 0.324 e. The monoisotopic (exact) mass is 336 g/mol. The smallest absolute Gasteiger partial charge is 0.278 e. The Balaban J connectivity index is 1.83. The molecule has 6 nitrogen and oxygen atoms in total. The molecule has 1 amide bonds. The number of nitrogens with one attached hydrogen (secondary N) is 1. The lowest BCUT2D eigenvalue weighted by Gasteiger charge is -2.14.